The molecule has 1 saturated carbocycles. The Morgan fingerprint density at radius 3 is 2.60 bits per heavy atom. The van der Waals surface area contributed by atoms with Gasteiger partial charge in [-0.15, -0.1) is 0 Å². The summed E-state index contributed by atoms with van der Waals surface area (Å²) in [5.74, 6) is -0.721. The van der Waals surface area contributed by atoms with Crippen molar-refractivity contribution in [3.63, 3.8) is 0 Å². The van der Waals surface area contributed by atoms with E-state index in [1.807, 2.05) is 30.5 Å². The van der Waals surface area contributed by atoms with E-state index in [9.17, 15) is 19.2 Å². The number of nitrogens with two attached hydrogens (primary N) is 1. The van der Waals surface area contributed by atoms with Gasteiger partial charge in [-0.1, -0.05) is 50.3 Å². The van der Waals surface area contributed by atoms with E-state index in [2.05, 4.69) is 26.3 Å². The molecule has 1 aromatic heterocycles. The number of guanidine groups is 1. The van der Waals surface area contributed by atoms with Crippen molar-refractivity contribution in [1.29, 1.82) is 5.41 Å². The van der Waals surface area contributed by atoms with E-state index < -0.39 is 24.2 Å². The van der Waals surface area contributed by atoms with E-state index in [0.717, 1.165) is 48.6 Å². The van der Waals surface area contributed by atoms with Crippen LogP contribution in [0.2, 0.25) is 0 Å². The lowest BCUT2D eigenvalue weighted by Gasteiger charge is -2.33. The summed E-state index contributed by atoms with van der Waals surface area (Å²) in [5.41, 5.74) is 7.44. The zero-order valence-electron chi connectivity index (χ0n) is 28.2. The average Bonchev–Trinajstić information content (AvgIpc) is 3.73. The number of ketones is 1. The topological polar surface area (TPSA) is 185 Å². The van der Waals surface area contributed by atoms with Gasteiger partial charge in [-0.2, -0.15) is 0 Å². The van der Waals surface area contributed by atoms with Crippen LogP contribution in [0, 0.1) is 17.2 Å². The van der Waals surface area contributed by atoms with Crippen LogP contribution in [0.5, 0.6) is 0 Å². The molecule has 1 aromatic carbocycles. The van der Waals surface area contributed by atoms with Crippen LogP contribution in [0.25, 0.3) is 10.9 Å². The van der Waals surface area contributed by atoms with Gasteiger partial charge in [0.25, 0.3) is 0 Å². The Kier molecular flexibility index (Phi) is 12.9. The van der Waals surface area contributed by atoms with Gasteiger partial charge in [0.05, 0.1) is 12.2 Å². The molecule has 8 N–H and O–H groups in total. The predicted octanol–water partition coefficient (Wildman–Crippen LogP) is 3.21. The molecule has 12 nitrogen and oxygen atoms in total. The normalized spacial score (nSPS) is 25.7. The number of benzene rings is 1. The molecule has 0 radical (unpaired) electrons. The first kappa shape index (κ1) is 35.4. The zero-order valence-corrected chi connectivity index (χ0v) is 28.2. The molecule has 3 aliphatic rings. The lowest BCUT2D eigenvalue weighted by Crippen LogP contribution is -2.57. The first-order chi connectivity index (χ1) is 23.3. The third kappa shape index (κ3) is 9.81. The Hall–Kier alpha value is -3.93. The highest BCUT2D eigenvalue weighted by Crippen LogP contribution is 2.28. The molecule has 2 aliphatic heterocycles. The molecule has 262 valence electrons. The van der Waals surface area contributed by atoms with Crippen LogP contribution in [0.4, 0.5) is 0 Å². The Labute approximate surface area is 283 Å². The van der Waals surface area contributed by atoms with E-state index in [1.165, 1.54) is 6.42 Å². The van der Waals surface area contributed by atoms with Crippen LogP contribution in [0.3, 0.4) is 0 Å². The molecule has 5 rings (SSSR count). The van der Waals surface area contributed by atoms with Crippen molar-refractivity contribution in [2.45, 2.75) is 115 Å². The van der Waals surface area contributed by atoms with E-state index in [1.54, 1.807) is 4.90 Å². The molecule has 1 aliphatic carbocycles. The third-order valence-electron chi connectivity index (χ3n) is 10.4. The van der Waals surface area contributed by atoms with E-state index in [4.69, 9.17) is 11.1 Å². The summed E-state index contributed by atoms with van der Waals surface area (Å²) in [7, 11) is 0. The number of para-hydroxylation sites is 1. The number of hydrogen-bond acceptors (Lipinski definition) is 6. The number of nitrogens with one attached hydrogen (secondary N) is 6. The van der Waals surface area contributed by atoms with Crippen molar-refractivity contribution < 1.29 is 19.2 Å². The minimum atomic E-state index is -0.652. The summed E-state index contributed by atoms with van der Waals surface area (Å²) in [6.45, 7) is 1.41. The van der Waals surface area contributed by atoms with Gasteiger partial charge in [0, 0.05) is 55.5 Å². The van der Waals surface area contributed by atoms with Crippen LogP contribution in [0.1, 0.15) is 95.5 Å². The van der Waals surface area contributed by atoms with Crippen molar-refractivity contribution in [3.05, 3.63) is 36.0 Å². The zero-order chi connectivity index (χ0) is 33.9. The Morgan fingerprint density at radius 2 is 1.79 bits per heavy atom. The van der Waals surface area contributed by atoms with E-state index in [-0.39, 0.29) is 35.9 Å². The lowest BCUT2D eigenvalue weighted by atomic mass is 9.85. The lowest BCUT2D eigenvalue weighted by molar-refractivity contribution is -0.139. The molecule has 2 saturated heterocycles. The number of nitrogens with zero attached hydrogens (tertiary/aromatic N) is 1. The second-order valence-electron chi connectivity index (χ2n) is 13.9. The molecule has 0 unspecified atom stereocenters. The second kappa shape index (κ2) is 17.5. The number of carbonyl (C=O) groups excluding carboxylic acids is 4. The highest BCUT2D eigenvalue weighted by atomic mass is 16.2. The van der Waals surface area contributed by atoms with Gasteiger partial charge >= 0.3 is 0 Å². The van der Waals surface area contributed by atoms with E-state index in [0.29, 0.717) is 76.9 Å². The maximum Gasteiger partial charge on any atom is 0.244 e. The van der Waals surface area contributed by atoms with Gasteiger partial charge in [0.2, 0.25) is 17.7 Å². The van der Waals surface area contributed by atoms with E-state index >= 15 is 0 Å². The summed E-state index contributed by atoms with van der Waals surface area (Å²) in [6.07, 6.45) is 12.3. The number of rotatable bonds is 8. The summed E-state index contributed by atoms with van der Waals surface area (Å²) in [4.78, 5) is 60.1. The van der Waals surface area contributed by atoms with Crippen LogP contribution in [0.15, 0.2) is 30.5 Å². The van der Waals surface area contributed by atoms with Crippen molar-refractivity contribution in [3.8, 4) is 0 Å². The molecule has 3 amide bonds. The molecule has 0 spiro atoms. The van der Waals surface area contributed by atoms with Crippen molar-refractivity contribution in [1.82, 2.24) is 31.2 Å². The van der Waals surface area contributed by atoms with Gasteiger partial charge in [0.1, 0.15) is 6.04 Å². The summed E-state index contributed by atoms with van der Waals surface area (Å²) in [6, 6.07) is 6.83. The Balaban J connectivity index is 1.44. The number of aromatic amines is 1. The highest BCUT2D eigenvalue weighted by Gasteiger charge is 2.36. The minimum Gasteiger partial charge on any atom is -0.370 e. The fraction of sp³-hybridized carbons (Fsp3) is 0.639. The van der Waals surface area contributed by atoms with Crippen molar-refractivity contribution in [2.24, 2.45) is 17.6 Å². The molecule has 3 fully saturated rings. The fourth-order valence-corrected chi connectivity index (χ4v) is 7.74. The van der Waals surface area contributed by atoms with Crippen molar-refractivity contribution >= 4 is 40.4 Å². The monoisotopic (exact) mass is 662 g/mol. The van der Waals surface area contributed by atoms with Gasteiger partial charge in [-0.3, -0.25) is 29.9 Å². The second-order valence-corrected chi connectivity index (χ2v) is 13.9. The summed E-state index contributed by atoms with van der Waals surface area (Å²) in [5, 5.41) is 21.2. The molecular weight excluding hydrogens is 608 g/mol. The molecule has 4 atom stereocenters. The number of Topliss-reactive ketones (excluding diaryl/α,β-unsaturated/α-hetero) is 1. The molecule has 2 aromatic rings. The molecule has 3 heterocycles. The first-order valence-electron chi connectivity index (χ1n) is 18.1. The number of fused-ring (bicyclic) bond motifs is 2. The van der Waals surface area contributed by atoms with Crippen LogP contribution < -0.4 is 27.0 Å². The van der Waals surface area contributed by atoms with Crippen LogP contribution in [-0.2, 0) is 25.6 Å². The van der Waals surface area contributed by atoms with Gasteiger partial charge in [0.15, 0.2) is 11.7 Å². The quantitative estimate of drug-likeness (QED) is 0.129. The maximum absolute atomic E-state index is 14.4. The number of carbonyl (C=O) groups is 4. The highest BCUT2D eigenvalue weighted by molar-refractivity contribution is 5.91. The average molecular weight is 663 g/mol. The molecule has 0 bridgehead atoms. The van der Waals surface area contributed by atoms with Crippen LogP contribution in [-0.4, -0.2) is 77.2 Å². The van der Waals surface area contributed by atoms with Gasteiger partial charge in [-0.05, 0) is 68.9 Å². The summed E-state index contributed by atoms with van der Waals surface area (Å²) < 4.78 is 0. The standard InChI is InChI=1S/C36H54N8O4/c37-36(38)40-18-8-12-25-22-31(45)29(21-26-23-41-28-14-5-4-13-27(26)28)42-32(20-24-10-2-1-3-11-24)43-35(48)30-15-9-19-44(30)33(46)16-6-7-17-39-34(25)47/h4-5,13-14,23-25,29-30,32,41-42H,1-3,6-12,15-22H2,(H,39,47)(H,43,48)(H4,37,38,40)/t25-,29+,30+,32-/m1/s1. The molecule has 12 heteroatoms. The predicted molar refractivity (Wildman–Crippen MR) is 186 cm³/mol. The van der Waals surface area contributed by atoms with Crippen molar-refractivity contribution in [2.75, 3.05) is 19.6 Å². The number of hydrogen-bond donors (Lipinski definition) is 7. The molecule has 48 heavy (non-hydrogen) atoms. The van der Waals surface area contributed by atoms with Gasteiger partial charge in [-0.25, -0.2) is 0 Å². The maximum atomic E-state index is 14.4. The first-order valence-corrected chi connectivity index (χ1v) is 18.1. The number of amides is 3. The summed E-state index contributed by atoms with van der Waals surface area (Å²) >= 11 is 0. The van der Waals surface area contributed by atoms with Crippen LogP contribution >= 0.6 is 0 Å². The Bertz CT molecular complexity index is 1420. The molecular formula is C36H54N8O4. The largest absolute Gasteiger partial charge is 0.370 e. The van der Waals surface area contributed by atoms with Gasteiger partial charge < -0.3 is 31.6 Å². The number of H-pyrrole nitrogens is 1. The SMILES string of the molecule is N=C(N)NCCC[C@@H]1CC(=O)[C@H](Cc2c[nH]c3ccccc23)N[C@@H](CC2CCCCC2)NC(=O)[C@@H]2CCCN2C(=O)CCCCNC1=O. The third-order valence-corrected chi connectivity index (χ3v) is 10.4. The smallest absolute Gasteiger partial charge is 0.244 e. The fourth-order valence-electron chi connectivity index (χ4n) is 7.74. The minimum absolute atomic E-state index is 0.0247. The number of aromatic nitrogens is 1. The Morgan fingerprint density at radius 1 is 0.979 bits per heavy atom.